The van der Waals surface area contributed by atoms with E-state index in [0.717, 1.165) is 0 Å². The molecule has 0 fully saturated rings. The number of hydrogen-bond donors (Lipinski definition) is 1. The second kappa shape index (κ2) is 6.88. The third kappa shape index (κ3) is 3.39. The highest BCUT2D eigenvalue weighted by Gasteiger charge is 2.27. The van der Waals surface area contributed by atoms with Crippen LogP contribution < -0.4 is 4.74 Å². The quantitative estimate of drug-likeness (QED) is 0.775. The molecule has 0 unspecified atom stereocenters. The second-order valence-corrected chi connectivity index (χ2v) is 6.34. The predicted octanol–water partition coefficient (Wildman–Crippen LogP) is 1.48. The Morgan fingerprint density at radius 3 is 2.30 bits per heavy atom. The van der Waals surface area contributed by atoms with Gasteiger partial charge in [-0.25, -0.2) is 8.42 Å². The Balaban J connectivity index is 3.37. The van der Waals surface area contributed by atoms with Crippen LogP contribution in [-0.4, -0.2) is 44.6 Å². The molecule has 0 aromatic heterocycles. The Labute approximate surface area is 120 Å². The lowest BCUT2D eigenvalue weighted by molar-refractivity contribution is 0.260. The molecule has 20 heavy (non-hydrogen) atoms. The number of rotatable bonds is 7. The van der Waals surface area contributed by atoms with Crippen molar-refractivity contribution in [3.8, 4) is 5.75 Å². The molecule has 0 spiro atoms. The average molecular weight is 299 g/mol. The Morgan fingerprint density at radius 2 is 1.90 bits per heavy atom. The van der Waals surface area contributed by atoms with Crippen molar-refractivity contribution < 1.29 is 18.3 Å². The van der Waals surface area contributed by atoms with Gasteiger partial charge in [0.15, 0.2) is 0 Å². The maximum absolute atomic E-state index is 12.7. The first-order valence-electron chi connectivity index (χ1n) is 6.25. The predicted molar refractivity (Wildman–Crippen MR) is 78.5 cm³/mol. The fourth-order valence-electron chi connectivity index (χ4n) is 2.13. The number of hydrogen-bond acceptors (Lipinski definition) is 4. The molecule has 5 nitrogen and oxygen atoms in total. The van der Waals surface area contributed by atoms with E-state index >= 15 is 0 Å². The molecule has 0 radical (unpaired) electrons. The summed E-state index contributed by atoms with van der Waals surface area (Å²) in [5, 5.41) is 9.03. The molecule has 0 heterocycles. The van der Waals surface area contributed by atoms with E-state index in [9.17, 15) is 8.42 Å². The van der Waals surface area contributed by atoms with E-state index in [1.54, 1.807) is 26.0 Å². The minimum Gasteiger partial charge on any atom is -0.497 e. The molecule has 1 aromatic carbocycles. The highest BCUT2D eigenvalue weighted by atomic mass is 32.2. The average Bonchev–Trinajstić information content (AvgIpc) is 2.37. The maximum atomic E-state index is 12.7. The second-order valence-electron chi connectivity index (χ2n) is 4.47. The van der Waals surface area contributed by atoms with Crippen LogP contribution in [0.3, 0.4) is 0 Å². The van der Waals surface area contributed by atoms with Gasteiger partial charge in [0.05, 0.1) is 18.6 Å². The van der Waals surface area contributed by atoms with Crippen LogP contribution in [0.2, 0.25) is 0 Å². The number of methoxy groups -OCH3 is 1. The smallest absolute Gasteiger partial charge is 0.243 e. The zero-order valence-corrected chi connectivity index (χ0v) is 12.9. The van der Waals surface area contributed by atoms with Crippen molar-refractivity contribution in [1.29, 1.82) is 0 Å². The number of benzene rings is 1. The van der Waals surface area contributed by atoms with E-state index < -0.39 is 10.0 Å². The Hall–Kier alpha value is -1.37. The third-order valence-corrected chi connectivity index (χ3v) is 5.12. The molecule has 6 heteroatoms. The molecular weight excluding hydrogens is 278 g/mol. The van der Waals surface area contributed by atoms with Crippen LogP contribution in [0.25, 0.3) is 0 Å². The maximum Gasteiger partial charge on any atom is 0.243 e. The molecule has 1 aromatic rings. The minimum absolute atomic E-state index is 0.0409. The number of sulfonamides is 1. The number of aryl methyl sites for hydroxylation is 2. The van der Waals surface area contributed by atoms with Crippen LogP contribution in [0, 0.1) is 13.8 Å². The van der Waals surface area contributed by atoms with Gasteiger partial charge in [-0.15, -0.1) is 6.58 Å². The molecule has 0 amide bonds. The first-order chi connectivity index (χ1) is 9.38. The van der Waals surface area contributed by atoms with Gasteiger partial charge in [-0.05, 0) is 37.1 Å². The molecular formula is C14H21NO4S. The summed E-state index contributed by atoms with van der Waals surface area (Å²) in [6, 6.07) is 3.37. The zero-order valence-electron chi connectivity index (χ0n) is 12.1. The summed E-state index contributed by atoms with van der Waals surface area (Å²) in [5.41, 5.74) is 1.24. The Kier molecular flexibility index (Phi) is 5.74. The normalized spacial score (nSPS) is 11.7. The summed E-state index contributed by atoms with van der Waals surface area (Å²) in [4.78, 5) is 0.258. The summed E-state index contributed by atoms with van der Waals surface area (Å²) >= 11 is 0. The van der Waals surface area contributed by atoms with Gasteiger partial charge in [-0.2, -0.15) is 4.31 Å². The lowest BCUT2D eigenvalue weighted by atomic mass is 10.1. The van der Waals surface area contributed by atoms with Gasteiger partial charge in [-0.3, -0.25) is 0 Å². The van der Waals surface area contributed by atoms with Crippen molar-refractivity contribution >= 4 is 10.0 Å². The van der Waals surface area contributed by atoms with Crippen LogP contribution in [0.5, 0.6) is 5.75 Å². The molecule has 1 rings (SSSR count). The molecule has 0 aliphatic heterocycles. The molecule has 0 bridgehead atoms. The van der Waals surface area contributed by atoms with E-state index in [0.29, 0.717) is 16.9 Å². The summed E-state index contributed by atoms with van der Waals surface area (Å²) in [6.45, 7) is 6.98. The highest BCUT2D eigenvalue weighted by molar-refractivity contribution is 7.89. The SMILES string of the molecule is C=CCN(CCO)S(=O)(=O)c1c(C)cc(OC)cc1C. The van der Waals surface area contributed by atoms with Gasteiger partial charge in [-0.1, -0.05) is 6.08 Å². The molecule has 0 aliphatic rings. The van der Waals surface area contributed by atoms with Crippen LogP contribution in [0.15, 0.2) is 29.7 Å². The zero-order chi connectivity index (χ0) is 15.3. The van der Waals surface area contributed by atoms with E-state index in [1.807, 2.05) is 0 Å². The standard InChI is InChI=1S/C14H21NO4S/c1-5-6-15(7-8-16)20(17,18)14-11(2)9-13(19-4)10-12(14)3/h5,9-10,16H,1,6-8H2,2-4H3. The van der Waals surface area contributed by atoms with Gasteiger partial charge in [0, 0.05) is 13.1 Å². The fraction of sp³-hybridized carbons (Fsp3) is 0.429. The van der Waals surface area contributed by atoms with Crippen molar-refractivity contribution in [2.24, 2.45) is 0 Å². The lowest BCUT2D eigenvalue weighted by Crippen LogP contribution is -2.34. The van der Waals surface area contributed by atoms with Crippen molar-refractivity contribution in [1.82, 2.24) is 4.31 Å². The van der Waals surface area contributed by atoms with E-state index in [1.165, 1.54) is 17.5 Å². The van der Waals surface area contributed by atoms with E-state index in [-0.39, 0.29) is 24.6 Å². The van der Waals surface area contributed by atoms with Crippen molar-refractivity contribution in [2.45, 2.75) is 18.7 Å². The number of aliphatic hydroxyl groups excluding tert-OH is 1. The summed E-state index contributed by atoms with van der Waals surface area (Å²) in [7, 11) is -2.13. The van der Waals surface area contributed by atoms with Crippen LogP contribution >= 0.6 is 0 Å². The monoisotopic (exact) mass is 299 g/mol. The molecule has 1 N–H and O–H groups in total. The molecule has 0 atom stereocenters. The van der Waals surface area contributed by atoms with Gasteiger partial charge in [0.2, 0.25) is 10.0 Å². The van der Waals surface area contributed by atoms with Crippen LogP contribution in [-0.2, 0) is 10.0 Å². The fourth-order valence-corrected chi connectivity index (χ4v) is 3.94. The summed E-state index contributed by atoms with van der Waals surface area (Å²) in [5.74, 6) is 0.622. The Morgan fingerprint density at radius 1 is 1.35 bits per heavy atom. The minimum atomic E-state index is -3.67. The van der Waals surface area contributed by atoms with Crippen LogP contribution in [0.1, 0.15) is 11.1 Å². The van der Waals surface area contributed by atoms with E-state index in [4.69, 9.17) is 9.84 Å². The van der Waals surface area contributed by atoms with Crippen molar-refractivity contribution in [3.05, 3.63) is 35.9 Å². The molecule has 0 aliphatic carbocycles. The van der Waals surface area contributed by atoms with Crippen LogP contribution in [0.4, 0.5) is 0 Å². The topological polar surface area (TPSA) is 66.8 Å². The van der Waals surface area contributed by atoms with Gasteiger partial charge in [0.25, 0.3) is 0 Å². The van der Waals surface area contributed by atoms with Crippen molar-refractivity contribution in [2.75, 3.05) is 26.8 Å². The third-order valence-electron chi connectivity index (χ3n) is 2.95. The first-order valence-corrected chi connectivity index (χ1v) is 7.69. The largest absolute Gasteiger partial charge is 0.497 e. The van der Waals surface area contributed by atoms with Gasteiger partial charge < -0.3 is 9.84 Å². The first kappa shape index (κ1) is 16.7. The number of ether oxygens (including phenoxy) is 1. The summed E-state index contributed by atoms with van der Waals surface area (Å²) < 4.78 is 31.7. The molecule has 112 valence electrons. The number of nitrogens with zero attached hydrogens (tertiary/aromatic N) is 1. The molecule has 0 saturated heterocycles. The number of aliphatic hydroxyl groups is 1. The van der Waals surface area contributed by atoms with Gasteiger partial charge >= 0.3 is 0 Å². The van der Waals surface area contributed by atoms with Gasteiger partial charge in [0.1, 0.15) is 5.75 Å². The Bertz CT molecular complexity index is 558. The van der Waals surface area contributed by atoms with E-state index in [2.05, 4.69) is 6.58 Å². The summed E-state index contributed by atoms with van der Waals surface area (Å²) in [6.07, 6.45) is 1.50. The van der Waals surface area contributed by atoms with Crippen molar-refractivity contribution in [3.63, 3.8) is 0 Å². The lowest BCUT2D eigenvalue weighted by Gasteiger charge is -2.22. The molecule has 0 saturated carbocycles. The highest BCUT2D eigenvalue weighted by Crippen LogP contribution is 2.28.